The highest BCUT2D eigenvalue weighted by Gasteiger charge is 2.71. The van der Waals surface area contributed by atoms with Crippen LogP contribution in [0.3, 0.4) is 0 Å². The van der Waals surface area contributed by atoms with E-state index >= 15 is 0 Å². The molecular weight excluding hydrogens is 381 g/mol. The smallest absolute Gasteiger partial charge is 0.250 e. The zero-order chi connectivity index (χ0) is 20.5. The average Bonchev–Trinajstić information content (AvgIpc) is 3.41. The third-order valence-electron chi connectivity index (χ3n) is 6.63. The van der Waals surface area contributed by atoms with Crippen molar-refractivity contribution in [3.8, 4) is 0 Å². The SMILES string of the molecule is C[C@H](O)[C@@H]1N[C@@]2(C(=O)Nc3ccc(F)cc32)[C@H]2C(=O)N(C[C@H]3CCCO3)C(=O)[C@@H]12. The highest BCUT2D eigenvalue weighted by molar-refractivity contribution is 6.15. The lowest BCUT2D eigenvalue weighted by molar-refractivity contribution is -0.144. The Hall–Kier alpha value is -2.36. The first kappa shape index (κ1) is 18.7. The molecule has 3 amide bonds. The molecule has 9 heteroatoms. The molecule has 8 nitrogen and oxygen atoms in total. The fourth-order valence-electron chi connectivity index (χ4n) is 5.35. The molecule has 0 unspecified atom stereocenters. The normalized spacial score (nSPS) is 36.7. The van der Waals surface area contributed by atoms with E-state index in [1.54, 1.807) is 0 Å². The van der Waals surface area contributed by atoms with Crippen LogP contribution in [0.2, 0.25) is 0 Å². The number of aliphatic hydroxyl groups is 1. The number of fused-ring (bicyclic) bond motifs is 4. The lowest BCUT2D eigenvalue weighted by Gasteiger charge is -2.30. The maximum Gasteiger partial charge on any atom is 0.250 e. The number of nitrogens with zero attached hydrogens (tertiary/aromatic N) is 1. The number of halogens is 1. The molecule has 1 aromatic carbocycles. The summed E-state index contributed by atoms with van der Waals surface area (Å²) in [7, 11) is 0. The molecule has 154 valence electrons. The van der Waals surface area contributed by atoms with Crippen molar-refractivity contribution in [2.24, 2.45) is 11.8 Å². The van der Waals surface area contributed by atoms with E-state index in [1.807, 2.05) is 0 Å². The molecule has 4 aliphatic heterocycles. The fourth-order valence-corrected chi connectivity index (χ4v) is 5.35. The second kappa shape index (κ2) is 6.32. The van der Waals surface area contributed by atoms with Gasteiger partial charge in [0.15, 0.2) is 0 Å². The number of carbonyl (C=O) groups excluding carboxylic acids is 3. The second-order valence-electron chi connectivity index (χ2n) is 8.29. The minimum absolute atomic E-state index is 0.130. The molecule has 1 aromatic rings. The summed E-state index contributed by atoms with van der Waals surface area (Å²) in [6.45, 7) is 2.23. The molecule has 0 saturated carbocycles. The number of aliphatic hydroxyl groups excluding tert-OH is 1. The third-order valence-corrected chi connectivity index (χ3v) is 6.63. The van der Waals surface area contributed by atoms with Gasteiger partial charge in [0.05, 0.1) is 30.6 Å². The number of benzene rings is 1. The van der Waals surface area contributed by atoms with Crippen molar-refractivity contribution in [2.75, 3.05) is 18.5 Å². The van der Waals surface area contributed by atoms with E-state index in [2.05, 4.69) is 10.6 Å². The van der Waals surface area contributed by atoms with Crippen molar-refractivity contribution in [3.63, 3.8) is 0 Å². The number of hydrogen-bond donors (Lipinski definition) is 3. The lowest BCUT2D eigenvalue weighted by atomic mass is 9.76. The molecule has 4 aliphatic rings. The van der Waals surface area contributed by atoms with Gasteiger partial charge >= 0.3 is 0 Å². The molecule has 0 bridgehead atoms. The van der Waals surface area contributed by atoms with Gasteiger partial charge in [-0.3, -0.25) is 24.6 Å². The minimum atomic E-state index is -1.60. The Kier molecular flexibility index (Phi) is 4.06. The zero-order valence-electron chi connectivity index (χ0n) is 15.9. The molecule has 6 atom stereocenters. The van der Waals surface area contributed by atoms with Gasteiger partial charge in [-0.05, 0) is 38.0 Å². The van der Waals surface area contributed by atoms with Crippen LogP contribution in [-0.4, -0.2) is 59.1 Å². The van der Waals surface area contributed by atoms with E-state index in [-0.39, 0.29) is 12.6 Å². The number of hydrogen-bond acceptors (Lipinski definition) is 6. The zero-order valence-corrected chi connectivity index (χ0v) is 15.9. The molecule has 3 saturated heterocycles. The number of imide groups is 1. The van der Waals surface area contributed by atoms with Crippen molar-refractivity contribution in [1.82, 2.24) is 10.2 Å². The molecule has 1 spiro atoms. The fraction of sp³-hybridized carbons (Fsp3) is 0.550. The summed E-state index contributed by atoms with van der Waals surface area (Å²) in [5.74, 6) is -3.95. The van der Waals surface area contributed by atoms with Crippen molar-refractivity contribution in [1.29, 1.82) is 0 Å². The predicted octanol–water partition coefficient (Wildman–Crippen LogP) is 0.106. The standard InChI is InChI=1S/C20H22FN3O5/c1-9(25)16-14-15(18(27)24(17(14)26)8-11-3-2-6-29-11)20(23-16)12-7-10(21)4-5-13(12)22-19(20)28/h4-5,7,9,11,14-16,23,25H,2-3,6,8H2,1H3,(H,22,28)/t9-,11+,14+,15+,16-,20+/m0/s1. The van der Waals surface area contributed by atoms with E-state index in [0.29, 0.717) is 17.9 Å². The Morgan fingerprint density at radius 2 is 2.14 bits per heavy atom. The molecule has 0 aromatic heterocycles. The Bertz CT molecular complexity index is 915. The number of anilines is 1. The van der Waals surface area contributed by atoms with Gasteiger partial charge in [-0.15, -0.1) is 0 Å². The monoisotopic (exact) mass is 403 g/mol. The van der Waals surface area contributed by atoms with Crippen LogP contribution in [-0.2, 0) is 24.7 Å². The number of ether oxygens (including phenoxy) is 1. The Balaban J connectivity index is 1.61. The molecule has 0 aliphatic carbocycles. The van der Waals surface area contributed by atoms with Crippen LogP contribution in [0.25, 0.3) is 0 Å². The summed E-state index contributed by atoms with van der Waals surface area (Å²) >= 11 is 0. The second-order valence-corrected chi connectivity index (χ2v) is 8.29. The van der Waals surface area contributed by atoms with E-state index in [4.69, 9.17) is 4.74 Å². The first-order valence-corrected chi connectivity index (χ1v) is 9.88. The van der Waals surface area contributed by atoms with Crippen molar-refractivity contribution >= 4 is 23.4 Å². The highest BCUT2D eigenvalue weighted by atomic mass is 19.1. The summed E-state index contributed by atoms with van der Waals surface area (Å²) in [4.78, 5) is 40.9. The Morgan fingerprint density at radius 3 is 2.83 bits per heavy atom. The lowest BCUT2D eigenvalue weighted by Crippen LogP contribution is -2.55. The summed E-state index contributed by atoms with van der Waals surface area (Å²) in [5.41, 5.74) is -0.908. The van der Waals surface area contributed by atoms with Crippen LogP contribution in [0.15, 0.2) is 18.2 Å². The topological polar surface area (TPSA) is 108 Å². The summed E-state index contributed by atoms with van der Waals surface area (Å²) in [6, 6.07) is 3.06. The number of rotatable bonds is 3. The van der Waals surface area contributed by atoms with Gasteiger partial charge in [-0.1, -0.05) is 0 Å². The molecule has 29 heavy (non-hydrogen) atoms. The van der Waals surface area contributed by atoms with Crippen molar-refractivity contribution in [3.05, 3.63) is 29.6 Å². The van der Waals surface area contributed by atoms with Crippen LogP contribution in [0, 0.1) is 17.7 Å². The van der Waals surface area contributed by atoms with Crippen LogP contribution < -0.4 is 10.6 Å². The third kappa shape index (κ3) is 2.44. The van der Waals surface area contributed by atoms with Crippen LogP contribution in [0.4, 0.5) is 10.1 Å². The maximum absolute atomic E-state index is 14.1. The Labute approximate surface area is 166 Å². The predicted molar refractivity (Wildman–Crippen MR) is 98.0 cm³/mol. The van der Waals surface area contributed by atoms with Gasteiger partial charge in [0.1, 0.15) is 11.4 Å². The summed E-state index contributed by atoms with van der Waals surface area (Å²) < 4.78 is 19.6. The number of amides is 3. The van der Waals surface area contributed by atoms with E-state index < -0.39 is 53.1 Å². The molecule has 3 N–H and O–H groups in total. The van der Waals surface area contributed by atoms with Crippen LogP contribution >= 0.6 is 0 Å². The number of carbonyl (C=O) groups is 3. The van der Waals surface area contributed by atoms with Gasteiger partial charge in [-0.25, -0.2) is 4.39 Å². The van der Waals surface area contributed by atoms with Crippen molar-refractivity contribution in [2.45, 2.75) is 43.6 Å². The highest BCUT2D eigenvalue weighted by Crippen LogP contribution is 2.53. The molecule has 4 heterocycles. The van der Waals surface area contributed by atoms with Crippen LogP contribution in [0.1, 0.15) is 25.3 Å². The summed E-state index contributed by atoms with van der Waals surface area (Å²) in [6.07, 6.45) is 0.402. The number of likely N-dealkylation sites (tertiary alicyclic amines) is 1. The molecular formula is C20H22FN3O5. The van der Waals surface area contributed by atoms with E-state index in [1.165, 1.54) is 25.1 Å². The average molecular weight is 403 g/mol. The van der Waals surface area contributed by atoms with E-state index in [0.717, 1.165) is 17.7 Å². The van der Waals surface area contributed by atoms with E-state index in [9.17, 15) is 23.9 Å². The maximum atomic E-state index is 14.1. The Morgan fingerprint density at radius 1 is 1.34 bits per heavy atom. The quantitative estimate of drug-likeness (QED) is 0.618. The molecule has 0 radical (unpaired) electrons. The van der Waals surface area contributed by atoms with Gasteiger partial charge < -0.3 is 15.2 Å². The largest absolute Gasteiger partial charge is 0.392 e. The molecule has 3 fully saturated rings. The first-order chi connectivity index (χ1) is 13.8. The van der Waals surface area contributed by atoms with Crippen LogP contribution in [0.5, 0.6) is 0 Å². The van der Waals surface area contributed by atoms with Gasteiger partial charge in [0.2, 0.25) is 17.7 Å². The van der Waals surface area contributed by atoms with Gasteiger partial charge in [0, 0.05) is 23.9 Å². The minimum Gasteiger partial charge on any atom is -0.392 e. The van der Waals surface area contributed by atoms with Gasteiger partial charge in [-0.2, -0.15) is 0 Å². The molecule has 5 rings (SSSR count). The summed E-state index contributed by atoms with van der Waals surface area (Å²) in [5, 5.41) is 16.1. The van der Waals surface area contributed by atoms with Gasteiger partial charge in [0.25, 0.3) is 0 Å². The first-order valence-electron chi connectivity index (χ1n) is 9.88. The number of nitrogens with one attached hydrogen (secondary N) is 2. The van der Waals surface area contributed by atoms with Crippen molar-refractivity contribution < 1.29 is 28.6 Å².